The van der Waals surface area contributed by atoms with E-state index >= 15 is 0 Å². The second-order valence-corrected chi connectivity index (χ2v) is 16.6. The minimum absolute atomic E-state index is 0.0163. The number of hydrogen-bond donors (Lipinski definition) is 7. The molecule has 0 aliphatic heterocycles. The van der Waals surface area contributed by atoms with E-state index in [1.165, 1.54) is 36.4 Å². The van der Waals surface area contributed by atoms with Crippen molar-refractivity contribution in [3.63, 3.8) is 0 Å². The van der Waals surface area contributed by atoms with Crippen molar-refractivity contribution in [3.05, 3.63) is 66.7 Å². The number of nitrogens with one attached hydrogen (secondary N) is 2. The quantitative estimate of drug-likeness (QED) is 0.0628. The van der Waals surface area contributed by atoms with Crippen molar-refractivity contribution in [2.24, 2.45) is 26.2 Å². The van der Waals surface area contributed by atoms with E-state index in [0.29, 0.717) is 0 Å². The minimum Gasteiger partial charge on any atom is -0.351 e. The fraction of sp³-hybridized carbons (Fsp3) is 0.154. The highest BCUT2D eigenvalue weighted by molar-refractivity contribution is 7.86. The fourth-order valence-electron chi connectivity index (χ4n) is 4.13. The van der Waals surface area contributed by atoms with E-state index in [2.05, 4.69) is 46.0 Å². The molecule has 8 N–H and O–H groups in total. The molecule has 29 heteroatoms. The predicted molar refractivity (Wildman–Crippen MR) is 189 cm³/mol. The van der Waals surface area contributed by atoms with E-state index in [0.717, 1.165) is 29.2 Å². The molecule has 4 aromatic rings. The topological polar surface area (TPSA) is 376 Å². The fourth-order valence-corrected chi connectivity index (χ4v) is 6.15. The zero-order valence-corrected chi connectivity index (χ0v) is 30.5. The molecule has 0 aliphatic carbocycles. The van der Waals surface area contributed by atoms with Crippen LogP contribution in [-0.4, -0.2) is 97.5 Å². The van der Waals surface area contributed by atoms with Gasteiger partial charge in [0.1, 0.15) is 16.3 Å². The summed E-state index contributed by atoms with van der Waals surface area (Å²) in [5.41, 5.74) is 4.57. The molecular weight excluding hydrogens is 822 g/mol. The number of nitrogens with zero attached hydrogens (tertiary/aromatic N) is 8. The van der Waals surface area contributed by atoms with Crippen molar-refractivity contribution >= 4 is 92.5 Å². The molecule has 0 saturated carbocycles. The molecule has 0 aliphatic rings. The number of rotatable bonds is 16. The van der Waals surface area contributed by atoms with E-state index in [4.69, 9.17) is 19.4 Å². The van der Waals surface area contributed by atoms with Crippen LogP contribution in [0.1, 0.15) is 0 Å². The van der Waals surface area contributed by atoms with Gasteiger partial charge in [-0.2, -0.15) is 63.2 Å². The molecule has 1 heterocycles. The molecule has 55 heavy (non-hydrogen) atoms. The molecule has 0 fully saturated rings. The zero-order valence-electron chi connectivity index (χ0n) is 27.2. The lowest BCUT2D eigenvalue weighted by molar-refractivity contribution is 0.259. The Kier molecular flexibility index (Phi) is 12.8. The number of nitrogens with two attached hydrogens (primary N) is 1. The number of halogens is 1. The van der Waals surface area contributed by atoms with Crippen molar-refractivity contribution in [2.45, 2.75) is 9.79 Å². The van der Waals surface area contributed by atoms with Crippen LogP contribution in [0.2, 0.25) is 0 Å². The largest absolute Gasteiger partial charge is 0.351 e. The highest BCUT2D eigenvalue weighted by Gasteiger charge is 2.20. The molecule has 0 radical (unpaired) electrons. The number of amides is 2. The maximum Gasteiger partial charge on any atom is 0.316 e. The summed E-state index contributed by atoms with van der Waals surface area (Å²) in [6.45, 7) is -1.27. The van der Waals surface area contributed by atoms with Gasteiger partial charge in [-0.1, -0.05) is 0 Å². The Morgan fingerprint density at radius 1 is 0.709 bits per heavy atom. The van der Waals surface area contributed by atoms with Crippen molar-refractivity contribution < 1.29 is 61.1 Å². The van der Waals surface area contributed by atoms with E-state index < -0.39 is 105 Å². The Balaban J connectivity index is 1.62. The number of urea groups is 1. The summed E-state index contributed by atoms with van der Waals surface area (Å²) in [7, 11) is -18.6. The van der Waals surface area contributed by atoms with Gasteiger partial charge in [0.2, 0.25) is 11.9 Å². The Bertz CT molecular complexity index is 2580. The maximum atomic E-state index is 14.5. The molecule has 294 valence electrons. The Morgan fingerprint density at radius 3 is 1.84 bits per heavy atom. The number of carbonyl (C=O) groups is 1. The lowest BCUT2D eigenvalue weighted by Crippen LogP contribution is -2.35. The molecule has 0 atom stereocenters. The van der Waals surface area contributed by atoms with Gasteiger partial charge in [0.15, 0.2) is 0 Å². The van der Waals surface area contributed by atoms with Crippen LogP contribution in [0.15, 0.2) is 90.9 Å². The summed E-state index contributed by atoms with van der Waals surface area (Å²) in [5.74, 6) is -3.03. The number of anilines is 4. The first-order valence-corrected chi connectivity index (χ1v) is 20.6. The van der Waals surface area contributed by atoms with Gasteiger partial charge in [-0.05, 0) is 60.7 Å². The number of carbonyl (C=O) groups excluding carboxylic acids is 1. The van der Waals surface area contributed by atoms with Gasteiger partial charge < -0.3 is 21.3 Å². The number of hydrogen-bond acceptors (Lipinski definition) is 18. The lowest BCUT2D eigenvalue weighted by Gasteiger charge is -2.21. The molecule has 0 unspecified atom stereocenters. The average Bonchev–Trinajstić information content (AvgIpc) is 3.05. The summed E-state index contributed by atoms with van der Waals surface area (Å²) in [6, 6.07) is 10.3. The second kappa shape index (κ2) is 16.8. The summed E-state index contributed by atoms with van der Waals surface area (Å²) in [4.78, 5) is 22.2. The monoisotopic (exact) mass is 847 g/mol. The Labute approximate surface area is 310 Å². The van der Waals surface area contributed by atoms with Crippen molar-refractivity contribution in [1.29, 1.82) is 0 Å². The van der Waals surface area contributed by atoms with E-state index in [-0.39, 0.29) is 28.4 Å². The van der Waals surface area contributed by atoms with Gasteiger partial charge in [0, 0.05) is 18.8 Å². The number of primary amides is 1. The Hall–Kier alpha value is -5.69. The lowest BCUT2D eigenvalue weighted by atomic mass is 10.2. The molecule has 0 spiro atoms. The van der Waals surface area contributed by atoms with E-state index in [1.807, 2.05) is 0 Å². The van der Waals surface area contributed by atoms with Crippen LogP contribution in [0.5, 0.6) is 0 Å². The van der Waals surface area contributed by atoms with Gasteiger partial charge >= 0.3 is 12.1 Å². The highest BCUT2D eigenvalue weighted by Crippen LogP contribution is 2.34. The van der Waals surface area contributed by atoms with Crippen LogP contribution < -0.4 is 21.3 Å². The van der Waals surface area contributed by atoms with Crippen molar-refractivity contribution in [3.8, 4) is 0 Å². The standard InChI is InChI=1S/C26H26FN11O13S4/c27-23-31-25(33-26(32-23)38(9-11-52(40,41)42)10-12-53(43,44)45)29-16-3-7-19(21(13-16)30-24(28)39)36-37-20-8-4-17(14-22(20)55(49,50)51)35-34-15-1-5-18(6-2-15)54(46,47)48/h1-8,13-14H,9-12H2,(H3,28,30,39)(H,40,41,42)(H,43,44,45)(H,46,47,48)(H,49,50,51)(H,29,31,32,33). The summed E-state index contributed by atoms with van der Waals surface area (Å²) >= 11 is 0. The number of benzene rings is 3. The van der Waals surface area contributed by atoms with Crippen LogP contribution in [0.4, 0.5) is 55.2 Å². The maximum absolute atomic E-state index is 14.5. The molecule has 2 amide bonds. The second-order valence-electron chi connectivity index (χ2n) is 10.6. The summed E-state index contributed by atoms with van der Waals surface area (Å²) in [5, 5.41) is 20.2. The van der Waals surface area contributed by atoms with Gasteiger partial charge in [-0.15, -0.1) is 10.2 Å². The molecule has 3 aromatic carbocycles. The first kappa shape index (κ1) is 42.1. The molecule has 24 nitrogen and oxygen atoms in total. The van der Waals surface area contributed by atoms with Crippen LogP contribution in [-0.2, 0) is 40.5 Å². The third-order valence-corrected chi connectivity index (χ3v) is 9.68. The molecule has 0 bridgehead atoms. The molecular formula is C26H26FN11O13S4. The summed E-state index contributed by atoms with van der Waals surface area (Å²) in [6.07, 6.45) is -1.42. The van der Waals surface area contributed by atoms with Gasteiger partial charge in [-0.3, -0.25) is 18.2 Å². The van der Waals surface area contributed by atoms with Gasteiger partial charge in [0.25, 0.3) is 40.5 Å². The third kappa shape index (κ3) is 13.3. The first-order chi connectivity index (χ1) is 25.4. The van der Waals surface area contributed by atoms with Crippen LogP contribution >= 0.6 is 0 Å². The predicted octanol–water partition coefficient (Wildman–Crippen LogP) is 3.15. The van der Waals surface area contributed by atoms with Crippen LogP contribution in [0, 0.1) is 6.08 Å². The minimum atomic E-state index is -4.96. The molecule has 0 saturated heterocycles. The number of azo groups is 2. The Morgan fingerprint density at radius 2 is 1.27 bits per heavy atom. The summed E-state index contributed by atoms with van der Waals surface area (Å²) < 4.78 is 144. The smallest absolute Gasteiger partial charge is 0.316 e. The molecule has 1 aromatic heterocycles. The zero-order chi connectivity index (χ0) is 40.8. The highest BCUT2D eigenvalue weighted by atomic mass is 32.2. The van der Waals surface area contributed by atoms with Gasteiger partial charge in [0.05, 0.1) is 33.5 Å². The first-order valence-electron chi connectivity index (χ1n) is 14.5. The van der Waals surface area contributed by atoms with E-state index in [9.17, 15) is 47.4 Å². The van der Waals surface area contributed by atoms with Gasteiger partial charge in [-0.25, -0.2) is 4.79 Å². The van der Waals surface area contributed by atoms with Crippen molar-refractivity contribution in [2.75, 3.05) is 40.1 Å². The van der Waals surface area contributed by atoms with Crippen LogP contribution in [0.3, 0.4) is 0 Å². The van der Waals surface area contributed by atoms with Crippen molar-refractivity contribution in [1.82, 2.24) is 15.0 Å². The number of aromatic nitrogens is 3. The SMILES string of the molecule is NC(=O)Nc1cc(Nc2nc(F)nc(N(CCS(=O)(=O)O)CCS(=O)(=O)O)n2)ccc1N=Nc1ccc(N=Nc2ccc(S(=O)(=O)O)cc2)cc1S(=O)(=O)O. The van der Waals surface area contributed by atoms with E-state index in [1.54, 1.807) is 0 Å². The average molecular weight is 848 g/mol. The normalized spacial score (nSPS) is 12.6. The molecule has 4 rings (SSSR count). The third-order valence-electron chi connectivity index (χ3n) is 6.53. The van der Waals surface area contributed by atoms with Crippen LogP contribution in [0.25, 0.3) is 0 Å².